The molecule has 0 saturated carbocycles. The molecule has 48 valence electrons. The minimum Gasteiger partial charge on any atom is -0.396 e. The average molecular weight is 117 g/mol. The van der Waals surface area contributed by atoms with E-state index in [1.165, 1.54) is 0 Å². The molecule has 8 heavy (non-hydrogen) atoms. The lowest BCUT2D eigenvalue weighted by molar-refractivity contribution is 0.156. The van der Waals surface area contributed by atoms with Crippen LogP contribution in [-0.2, 0) is 9.57 Å². The van der Waals surface area contributed by atoms with Crippen LogP contribution in [0.2, 0.25) is 0 Å². The summed E-state index contributed by atoms with van der Waals surface area (Å²) in [6.45, 7) is 3.00. The molecule has 0 aliphatic heterocycles. The normalized spacial score (nSPS) is 10.2. The number of hydrogen-bond donors (Lipinski definition) is 0. The van der Waals surface area contributed by atoms with Crippen LogP contribution in [0.1, 0.15) is 6.92 Å². The molecule has 0 aromatic heterocycles. The van der Waals surface area contributed by atoms with Crippen molar-refractivity contribution in [1.82, 2.24) is 0 Å². The number of ether oxygens (including phenoxy) is 1. The van der Waals surface area contributed by atoms with Gasteiger partial charge in [-0.25, -0.2) is 0 Å². The van der Waals surface area contributed by atoms with Gasteiger partial charge < -0.3 is 9.57 Å². The van der Waals surface area contributed by atoms with E-state index in [1.54, 1.807) is 13.3 Å². The summed E-state index contributed by atoms with van der Waals surface area (Å²) in [5, 5.41) is 3.53. The van der Waals surface area contributed by atoms with Crippen LogP contribution in [0.5, 0.6) is 0 Å². The van der Waals surface area contributed by atoms with Gasteiger partial charge in [-0.05, 0) is 6.92 Å². The van der Waals surface area contributed by atoms with Crippen molar-refractivity contribution in [3.63, 3.8) is 0 Å². The standard InChI is InChI=1S/C5H11NO2/c1-3-8-6-4-5-7-2/h4H,3,5H2,1-2H3. The largest absolute Gasteiger partial charge is 0.396 e. The average Bonchev–Trinajstić information content (AvgIpc) is 1.81. The Morgan fingerprint density at radius 2 is 2.38 bits per heavy atom. The lowest BCUT2D eigenvalue weighted by atomic mass is 10.8. The topological polar surface area (TPSA) is 30.8 Å². The van der Waals surface area contributed by atoms with Crippen molar-refractivity contribution in [1.29, 1.82) is 0 Å². The summed E-state index contributed by atoms with van der Waals surface area (Å²) in [6.07, 6.45) is 1.57. The molecule has 0 aromatic carbocycles. The first kappa shape index (κ1) is 7.43. The summed E-state index contributed by atoms with van der Waals surface area (Å²) in [6, 6.07) is 0. The van der Waals surface area contributed by atoms with Crippen LogP contribution in [0.25, 0.3) is 0 Å². The fourth-order valence-electron chi connectivity index (χ4n) is 0.232. The van der Waals surface area contributed by atoms with E-state index in [2.05, 4.69) is 14.7 Å². The Labute approximate surface area is 49.3 Å². The molecule has 3 nitrogen and oxygen atoms in total. The number of oxime groups is 1. The molecule has 0 amide bonds. The quantitative estimate of drug-likeness (QED) is 0.400. The number of rotatable bonds is 4. The van der Waals surface area contributed by atoms with Gasteiger partial charge in [0.25, 0.3) is 0 Å². The van der Waals surface area contributed by atoms with Crippen molar-refractivity contribution in [3.05, 3.63) is 0 Å². The predicted molar refractivity (Wildman–Crippen MR) is 32.0 cm³/mol. The Bertz CT molecular complexity index is 55.4. The fourth-order valence-corrected chi connectivity index (χ4v) is 0.232. The second kappa shape index (κ2) is 6.43. The minimum atomic E-state index is 0.514. The molecule has 0 radical (unpaired) electrons. The van der Waals surface area contributed by atoms with Crippen molar-refractivity contribution in [2.45, 2.75) is 6.92 Å². The SMILES string of the molecule is CCON=CCOC. The van der Waals surface area contributed by atoms with Gasteiger partial charge >= 0.3 is 0 Å². The van der Waals surface area contributed by atoms with E-state index in [-0.39, 0.29) is 0 Å². The van der Waals surface area contributed by atoms with E-state index < -0.39 is 0 Å². The van der Waals surface area contributed by atoms with Crippen LogP contribution >= 0.6 is 0 Å². The third kappa shape index (κ3) is 5.43. The van der Waals surface area contributed by atoms with Crippen LogP contribution in [0.15, 0.2) is 5.16 Å². The van der Waals surface area contributed by atoms with E-state index >= 15 is 0 Å². The van der Waals surface area contributed by atoms with Gasteiger partial charge in [0.2, 0.25) is 0 Å². The van der Waals surface area contributed by atoms with Gasteiger partial charge in [-0.15, -0.1) is 0 Å². The zero-order chi connectivity index (χ0) is 6.24. The number of methoxy groups -OCH3 is 1. The lowest BCUT2D eigenvalue weighted by Gasteiger charge is -1.89. The van der Waals surface area contributed by atoms with Crippen molar-refractivity contribution in [2.24, 2.45) is 5.16 Å². The van der Waals surface area contributed by atoms with Crippen LogP contribution in [0.3, 0.4) is 0 Å². The van der Waals surface area contributed by atoms with E-state index in [9.17, 15) is 0 Å². The molecule has 0 aliphatic rings. The fraction of sp³-hybridized carbons (Fsp3) is 0.800. The van der Waals surface area contributed by atoms with E-state index in [4.69, 9.17) is 0 Å². The van der Waals surface area contributed by atoms with Gasteiger partial charge in [0.1, 0.15) is 6.61 Å². The third-order valence-electron chi connectivity index (χ3n) is 0.519. The Morgan fingerprint density at radius 3 is 2.88 bits per heavy atom. The smallest absolute Gasteiger partial charge is 0.114 e. The summed E-state index contributed by atoms with van der Waals surface area (Å²) in [7, 11) is 1.61. The van der Waals surface area contributed by atoms with E-state index in [0.29, 0.717) is 13.2 Å². The van der Waals surface area contributed by atoms with Gasteiger partial charge in [0.15, 0.2) is 0 Å². The first-order valence-electron chi connectivity index (χ1n) is 2.54. The first-order chi connectivity index (χ1) is 3.91. The maximum atomic E-state index is 4.66. The maximum Gasteiger partial charge on any atom is 0.114 e. The molecule has 0 saturated heterocycles. The highest BCUT2D eigenvalue weighted by Crippen LogP contribution is 1.70. The highest BCUT2D eigenvalue weighted by Gasteiger charge is 1.70. The molecule has 0 N–H and O–H groups in total. The molecule has 0 aromatic rings. The zero-order valence-electron chi connectivity index (χ0n) is 5.26. The van der Waals surface area contributed by atoms with Crippen molar-refractivity contribution in [3.8, 4) is 0 Å². The molecule has 0 fully saturated rings. The second-order valence-electron chi connectivity index (χ2n) is 1.16. The van der Waals surface area contributed by atoms with Gasteiger partial charge in [-0.2, -0.15) is 0 Å². The highest BCUT2D eigenvalue weighted by atomic mass is 16.6. The molecule has 0 unspecified atom stereocenters. The maximum absolute atomic E-state index is 4.66. The lowest BCUT2D eigenvalue weighted by Crippen LogP contribution is -1.89. The van der Waals surface area contributed by atoms with Gasteiger partial charge in [-0.1, -0.05) is 5.16 Å². The summed E-state index contributed by atoms with van der Waals surface area (Å²) in [5.41, 5.74) is 0. The van der Waals surface area contributed by atoms with Crippen LogP contribution in [0.4, 0.5) is 0 Å². The molecule has 3 heteroatoms. The third-order valence-corrected chi connectivity index (χ3v) is 0.519. The van der Waals surface area contributed by atoms with Crippen molar-refractivity contribution in [2.75, 3.05) is 20.3 Å². The van der Waals surface area contributed by atoms with Crippen LogP contribution < -0.4 is 0 Å². The molecule has 0 aliphatic carbocycles. The summed E-state index contributed by atoms with van der Waals surface area (Å²) < 4.78 is 4.66. The monoisotopic (exact) mass is 117 g/mol. The minimum absolute atomic E-state index is 0.514. The Hall–Kier alpha value is -0.570. The summed E-state index contributed by atoms with van der Waals surface area (Å²) >= 11 is 0. The molecule has 0 atom stereocenters. The molecule has 0 rings (SSSR count). The zero-order valence-corrected chi connectivity index (χ0v) is 5.26. The van der Waals surface area contributed by atoms with E-state index in [0.717, 1.165) is 0 Å². The molecular weight excluding hydrogens is 106 g/mol. The molecule has 0 spiro atoms. The molecular formula is C5H11NO2. The number of nitrogens with zero attached hydrogens (tertiary/aromatic N) is 1. The number of hydrogen-bond acceptors (Lipinski definition) is 3. The summed E-state index contributed by atoms with van der Waals surface area (Å²) in [4.78, 5) is 4.62. The molecule has 0 heterocycles. The Balaban J connectivity index is 2.83. The van der Waals surface area contributed by atoms with Crippen molar-refractivity contribution < 1.29 is 9.57 Å². The Kier molecular flexibility index (Phi) is 5.97. The Morgan fingerprint density at radius 1 is 1.62 bits per heavy atom. The van der Waals surface area contributed by atoms with Crippen molar-refractivity contribution >= 4 is 6.21 Å². The van der Waals surface area contributed by atoms with Crippen LogP contribution in [-0.4, -0.2) is 26.5 Å². The highest BCUT2D eigenvalue weighted by molar-refractivity contribution is 5.57. The first-order valence-corrected chi connectivity index (χ1v) is 2.54. The predicted octanol–water partition coefficient (Wildman–Crippen LogP) is 0.655. The van der Waals surface area contributed by atoms with Crippen LogP contribution in [0, 0.1) is 0 Å². The van der Waals surface area contributed by atoms with Gasteiger partial charge in [0, 0.05) is 7.11 Å². The molecule has 0 bridgehead atoms. The second-order valence-corrected chi connectivity index (χ2v) is 1.16. The summed E-state index contributed by atoms with van der Waals surface area (Å²) in [5.74, 6) is 0. The van der Waals surface area contributed by atoms with E-state index in [1.807, 2.05) is 6.92 Å². The van der Waals surface area contributed by atoms with Gasteiger partial charge in [0.05, 0.1) is 12.8 Å². The van der Waals surface area contributed by atoms with Gasteiger partial charge in [-0.3, -0.25) is 0 Å².